The van der Waals surface area contributed by atoms with Crippen molar-refractivity contribution in [2.75, 3.05) is 11.9 Å². The lowest BCUT2D eigenvalue weighted by Crippen LogP contribution is -2.14. The van der Waals surface area contributed by atoms with Crippen LogP contribution < -0.4 is 5.32 Å². The largest absolute Gasteiger partial charge is 0.369 e. The molecular formula is C23H20N6. The zero-order valence-electron chi connectivity index (χ0n) is 16.3. The van der Waals surface area contributed by atoms with E-state index < -0.39 is 0 Å². The van der Waals surface area contributed by atoms with E-state index in [1.54, 1.807) is 0 Å². The molecule has 0 atom stereocenters. The number of para-hydroxylation sites is 4. The molecule has 0 amide bonds. The molecule has 6 nitrogen and oxygen atoms in total. The SMILES string of the molecule is Cc1cc(NCCn2c(C)nc3ccccc32)n2c(nc3ccccc32)c1C#N. The van der Waals surface area contributed by atoms with E-state index in [1.807, 2.05) is 66.8 Å². The van der Waals surface area contributed by atoms with E-state index in [9.17, 15) is 5.26 Å². The third-order valence-corrected chi connectivity index (χ3v) is 5.37. The lowest BCUT2D eigenvalue weighted by molar-refractivity contribution is 0.719. The van der Waals surface area contributed by atoms with Gasteiger partial charge in [0.05, 0.1) is 27.6 Å². The van der Waals surface area contributed by atoms with Crippen molar-refractivity contribution in [2.24, 2.45) is 0 Å². The van der Waals surface area contributed by atoms with Gasteiger partial charge in [0.15, 0.2) is 5.65 Å². The Kier molecular flexibility index (Phi) is 3.95. The van der Waals surface area contributed by atoms with Crippen LogP contribution >= 0.6 is 0 Å². The van der Waals surface area contributed by atoms with E-state index in [2.05, 4.69) is 27.0 Å². The van der Waals surface area contributed by atoms with Crippen LogP contribution in [0.1, 0.15) is 17.0 Å². The Bertz CT molecular complexity index is 1420. The van der Waals surface area contributed by atoms with E-state index in [-0.39, 0.29) is 0 Å². The van der Waals surface area contributed by atoms with Crippen molar-refractivity contribution >= 4 is 33.5 Å². The van der Waals surface area contributed by atoms with Crippen molar-refractivity contribution < 1.29 is 0 Å². The van der Waals surface area contributed by atoms with E-state index in [0.717, 1.165) is 52.4 Å². The first-order valence-corrected chi connectivity index (χ1v) is 9.64. The Morgan fingerprint density at radius 2 is 1.66 bits per heavy atom. The van der Waals surface area contributed by atoms with Crippen LogP contribution in [0.15, 0.2) is 54.6 Å². The van der Waals surface area contributed by atoms with Gasteiger partial charge in [-0.2, -0.15) is 5.26 Å². The second kappa shape index (κ2) is 6.64. The lowest BCUT2D eigenvalue weighted by Gasteiger charge is -2.13. The average Bonchev–Trinajstić information content (AvgIpc) is 3.26. The Morgan fingerprint density at radius 3 is 2.41 bits per heavy atom. The summed E-state index contributed by atoms with van der Waals surface area (Å²) in [5.74, 6) is 1.94. The van der Waals surface area contributed by atoms with Crippen molar-refractivity contribution in [1.29, 1.82) is 5.26 Å². The van der Waals surface area contributed by atoms with Gasteiger partial charge in [0.2, 0.25) is 0 Å². The van der Waals surface area contributed by atoms with Gasteiger partial charge in [0.25, 0.3) is 0 Å². The smallest absolute Gasteiger partial charge is 0.157 e. The summed E-state index contributed by atoms with van der Waals surface area (Å²) >= 11 is 0. The third-order valence-electron chi connectivity index (χ3n) is 5.37. The van der Waals surface area contributed by atoms with E-state index in [4.69, 9.17) is 4.98 Å². The van der Waals surface area contributed by atoms with Gasteiger partial charge >= 0.3 is 0 Å². The Morgan fingerprint density at radius 1 is 0.966 bits per heavy atom. The first-order chi connectivity index (χ1) is 14.2. The van der Waals surface area contributed by atoms with Crippen molar-refractivity contribution in [3.05, 3.63) is 71.5 Å². The van der Waals surface area contributed by atoms with Crippen molar-refractivity contribution in [1.82, 2.24) is 18.9 Å². The van der Waals surface area contributed by atoms with E-state index in [1.165, 1.54) is 0 Å². The number of aromatic nitrogens is 4. The molecule has 0 spiro atoms. The number of anilines is 1. The normalized spacial score (nSPS) is 11.3. The van der Waals surface area contributed by atoms with Gasteiger partial charge < -0.3 is 9.88 Å². The second-order valence-corrected chi connectivity index (χ2v) is 7.19. The van der Waals surface area contributed by atoms with Gasteiger partial charge in [0.1, 0.15) is 17.7 Å². The molecule has 0 saturated heterocycles. The minimum Gasteiger partial charge on any atom is -0.369 e. The predicted molar refractivity (Wildman–Crippen MR) is 115 cm³/mol. The van der Waals surface area contributed by atoms with Crippen LogP contribution in [-0.2, 0) is 6.54 Å². The van der Waals surface area contributed by atoms with Crippen LogP contribution in [0.5, 0.6) is 0 Å². The van der Waals surface area contributed by atoms with Crippen LogP contribution in [0.4, 0.5) is 5.82 Å². The number of nitrogens with zero attached hydrogens (tertiary/aromatic N) is 5. The molecule has 0 fully saturated rings. The number of aryl methyl sites for hydroxylation is 2. The molecular weight excluding hydrogens is 360 g/mol. The monoisotopic (exact) mass is 380 g/mol. The van der Waals surface area contributed by atoms with Gasteiger partial charge in [-0.1, -0.05) is 24.3 Å². The average molecular weight is 380 g/mol. The van der Waals surface area contributed by atoms with E-state index in [0.29, 0.717) is 11.2 Å². The van der Waals surface area contributed by atoms with Crippen LogP contribution in [-0.4, -0.2) is 25.5 Å². The minimum absolute atomic E-state index is 0.614. The molecule has 1 N–H and O–H groups in total. The van der Waals surface area contributed by atoms with Crippen molar-refractivity contribution in [3.8, 4) is 6.07 Å². The highest BCUT2D eigenvalue weighted by atomic mass is 15.1. The number of hydrogen-bond acceptors (Lipinski definition) is 4. The summed E-state index contributed by atoms with van der Waals surface area (Å²) in [6.45, 7) is 5.51. The maximum atomic E-state index is 9.63. The molecule has 0 unspecified atom stereocenters. The van der Waals surface area contributed by atoms with Gasteiger partial charge in [-0.15, -0.1) is 0 Å². The minimum atomic E-state index is 0.614. The Hall–Kier alpha value is -3.85. The number of imidazole rings is 2. The third kappa shape index (κ3) is 2.71. The quantitative estimate of drug-likeness (QED) is 0.500. The van der Waals surface area contributed by atoms with Gasteiger partial charge in [-0.25, -0.2) is 9.97 Å². The molecule has 0 aliphatic heterocycles. The van der Waals surface area contributed by atoms with Crippen molar-refractivity contribution in [3.63, 3.8) is 0 Å². The highest BCUT2D eigenvalue weighted by Crippen LogP contribution is 2.26. The van der Waals surface area contributed by atoms with Crippen LogP contribution in [0, 0.1) is 25.2 Å². The number of pyridine rings is 1. The second-order valence-electron chi connectivity index (χ2n) is 7.19. The lowest BCUT2D eigenvalue weighted by atomic mass is 10.1. The first kappa shape index (κ1) is 17.3. The molecule has 0 aliphatic carbocycles. The van der Waals surface area contributed by atoms with Gasteiger partial charge in [-0.3, -0.25) is 4.40 Å². The molecule has 6 heteroatoms. The molecule has 0 bridgehead atoms. The number of hydrogen-bond donors (Lipinski definition) is 1. The molecule has 0 radical (unpaired) electrons. The van der Waals surface area contributed by atoms with Crippen LogP contribution in [0.3, 0.4) is 0 Å². The first-order valence-electron chi connectivity index (χ1n) is 9.64. The highest BCUT2D eigenvalue weighted by molar-refractivity contribution is 5.85. The zero-order chi connectivity index (χ0) is 20.0. The molecule has 5 rings (SSSR count). The van der Waals surface area contributed by atoms with E-state index >= 15 is 0 Å². The van der Waals surface area contributed by atoms with Crippen LogP contribution in [0.2, 0.25) is 0 Å². The summed E-state index contributed by atoms with van der Waals surface area (Å²) in [4.78, 5) is 9.35. The fourth-order valence-corrected chi connectivity index (χ4v) is 4.00. The molecule has 29 heavy (non-hydrogen) atoms. The molecule has 3 heterocycles. The fraction of sp³-hybridized carbons (Fsp3) is 0.174. The number of rotatable bonds is 4. The highest BCUT2D eigenvalue weighted by Gasteiger charge is 2.15. The predicted octanol–water partition coefficient (Wildman–Crippen LogP) is 4.44. The topological polar surface area (TPSA) is 70.9 Å². The summed E-state index contributed by atoms with van der Waals surface area (Å²) in [7, 11) is 0. The number of benzene rings is 2. The number of nitrogens with one attached hydrogen (secondary N) is 1. The zero-order valence-corrected chi connectivity index (χ0v) is 16.3. The molecule has 0 aliphatic rings. The summed E-state index contributed by atoms with van der Waals surface area (Å²) in [6, 6.07) is 20.5. The molecule has 142 valence electrons. The molecule has 0 saturated carbocycles. The van der Waals surface area contributed by atoms with Gasteiger partial charge in [-0.05, 0) is 49.7 Å². The molecule has 2 aromatic carbocycles. The Labute approximate surface area is 168 Å². The van der Waals surface area contributed by atoms with Crippen molar-refractivity contribution in [2.45, 2.75) is 20.4 Å². The maximum absolute atomic E-state index is 9.63. The summed E-state index contributed by atoms with van der Waals surface area (Å²) in [5.41, 5.74) is 6.26. The summed E-state index contributed by atoms with van der Waals surface area (Å²) < 4.78 is 4.27. The molecule has 5 aromatic rings. The van der Waals surface area contributed by atoms with Crippen LogP contribution in [0.25, 0.3) is 27.7 Å². The standard InChI is InChI=1S/C23H20N6/c1-15-13-22(25-11-12-28-16(2)26-18-7-3-5-9-20(18)28)29-21-10-6-4-8-19(21)27-23(29)17(15)14-24/h3-10,13,25H,11-12H2,1-2H3. The fourth-order valence-electron chi connectivity index (χ4n) is 4.00. The number of nitriles is 1. The maximum Gasteiger partial charge on any atom is 0.157 e. The summed E-state index contributed by atoms with van der Waals surface area (Å²) in [6.07, 6.45) is 0. The molecule has 3 aromatic heterocycles. The Balaban J connectivity index is 1.54. The number of fused-ring (bicyclic) bond motifs is 4. The van der Waals surface area contributed by atoms with Gasteiger partial charge in [0, 0.05) is 13.1 Å². The summed E-state index contributed by atoms with van der Waals surface area (Å²) in [5, 5.41) is 13.2.